The minimum Gasteiger partial charge on any atom is -0.343 e. The fraction of sp³-hybridized carbons (Fsp3) is 0.567. The number of rotatable bonds is 5. The van der Waals surface area contributed by atoms with Crippen molar-refractivity contribution in [3.8, 4) is 0 Å². The monoisotopic (exact) mass is 678 g/mol. The number of hydrogen-bond acceptors (Lipinski definition) is 4. The number of halogens is 3. The van der Waals surface area contributed by atoms with E-state index in [1.807, 2.05) is 31.1 Å². The molecular weight excluding hydrogens is 644 g/mol. The van der Waals surface area contributed by atoms with Crippen molar-refractivity contribution < 1.29 is 9.59 Å². The highest BCUT2D eigenvalue weighted by Gasteiger charge is 2.37. The predicted molar refractivity (Wildman–Crippen MR) is 162 cm³/mol. The van der Waals surface area contributed by atoms with E-state index >= 15 is 0 Å². The summed E-state index contributed by atoms with van der Waals surface area (Å²) in [5.74, 6) is 1.35. The topological polar surface area (TPSA) is 65.5 Å². The van der Waals surface area contributed by atoms with Gasteiger partial charge < -0.3 is 15.1 Å². The van der Waals surface area contributed by atoms with Crippen LogP contribution < -0.4 is 5.32 Å². The van der Waals surface area contributed by atoms with Gasteiger partial charge in [-0.05, 0) is 115 Å². The first kappa shape index (κ1) is 29.0. The van der Waals surface area contributed by atoms with E-state index in [0.717, 1.165) is 78.7 Å². The molecule has 2 amide bonds. The molecule has 3 heterocycles. The molecule has 210 valence electrons. The second kappa shape index (κ2) is 12.6. The van der Waals surface area contributed by atoms with Gasteiger partial charge in [-0.25, -0.2) is 0 Å². The highest BCUT2D eigenvalue weighted by molar-refractivity contribution is 9.10. The zero-order valence-corrected chi connectivity index (χ0v) is 26.6. The quantitative estimate of drug-likeness (QED) is 0.423. The maximum atomic E-state index is 13.3. The number of hydrogen-bond donors (Lipinski definition) is 1. The second-order valence-electron chi connectivity index (χ2n) is 11.3. The molecular formula is C30H37Br2ClN4O2. The van der Waals surface area contributed by atoms with Gasteiger partial charge in [-0.2, -0.15) is 0 Å². The normalized spacial score (nSPS) is 21.2. The molecule has 1 aromatic heterocycles. The number of nitrogens with zero attached hydrogens (tertiary/aromatic N) is 3. The van der Waals surface area contributed by atoms with Crippen LogP contribution in [0.25, 0.3) is 0 Å². The molecule has 6 nitrogen and oxygen atoms in total. The van der Waals surface area contributed by atoms with Crippen LogP contribution in [-0.2, 0) is 22.4 Å². The van der Waals surface area contributed by atoms with Crippen LogP contribution in [-0.4, -0.2) is 65.9 Å². The van der Waals surface area contributed by atoms with Crippen molar-refractivity contribution in [1.82, 2.24) is 20.1 Å². The first-order chi connectivity index (χ1) is 18.7. The van der Waals surface area contributed by atoms with Crippen LogP contribution in [0.4, 0.5) is 0 Å². The highest BCUT2D eigenvalue weighted by atomic mass is 79.9. The van der Waals surface area contributed by atoms with E-state index in [0.29, 0.717) is 18.3 Å². The Morgan fingerprint density at radius 1 is 1.03 bits per heavy atom. The van der Waals surface area contributed by atoms with Crippen molar-refractivity contribution in [3.63, 3.8) is 0 Å². The van der Waals surface area contributed by atoms with E-state index in [1.165, 1.54) is 22.4 Å². The lowest BCUT2D eigenvalue weighted by atomic mass is 9.76. The molecule has 0 bridgehead atoms. The minimum atomic E-state index is -0.161. The molecule has 9 heteroatoms. The van der Waals surface area contributed by atoms with Crippen molar-refractivity contribution >= 4 is 55.3 Å². The van der Waals surface area contributed by atoms with E-state index in [-0.39, 0.29) is 23.8 Å². The van der Waals surface area contributed by atoms with Gasteiger partial charge in [0.05, 0.1) is 11.7 Å². The number of piperidine rings is 2. The third kappa shape index (κ3) is 6.39. The van der Waals surface area contributed by atoms with Crippen molar-refractivity contribution in [1.29, 1.82) is 0 Å². The summed E-state index contributed by atoms with van der Waals surface area (Å²) >= 11 is 13.9. The van der Waals surface area contributed by atoms with Gasteiger partial charge in [-0.1, -0.05) is 27.5 Å². The number of likely N-dealkylation sites (N-methyl/N-ethyl adjacent to an activating group) is 1. The molecule has 1 unspecified atom stereocenters. The lowest BCUT2D eigenvalue weighted by Crippen LogP contribution is -2.47. The molecule has 2 aromatic rings. The number of aryl methyl sites for hydroxylation is 2. The summed E-state index contributed by atoms with van der Waals surface area (Å²) in [7, 11) is 1.81. The van der Waals surface area contributed by atoms with Crippen molar-refractivity contribution in [3.05, 3.63) is 60.7 Å². The number of pyridine rings is 1. The molecule has 2 fully saturated rings. The van der Waals surface area contributed by atoms with Crippen molar-refractivity contribution in [2.24, 2.45) is 11.8 Å². The Balaban J connectivity index is 1.25. The Kier molecular flexibility index (Phi) is 9.36. The van der Waals surface area contributed by atoms with Gasteiger partial charge in [-0.15, -0.1) is 0 Å². The molecule has 39 heavy (non-hydrogen) atoms. The highest BCUT2D eigenvalue weighted by Crippen LogP contribution is 2.46. The van der Waals surface area contributed by atoms with Gasteiger partial charge in [0.1, 0.15) is 0 Å². The van der Waals surface area contributed by atoms with Crippen LogP contribution in [0.1, 0.15) is 67.3 Å². The SMILES string of the molecule is CNC(C)C(=O)N1CCC(CC(=O)N2CCC([C@H]3c4ncc(Br)cc4CCc4cc(Cl)cc(Br)c43)CC2)CC1. The molecule has 2 saturated heterocycles. The standard InChI is InChI=1S/C30H37Br2ClN4O2/c1-18(34-2)30(39)37-9-5-19(6-10-37)13-26(38)36-11-7-20(8-12-36)28-27-21(15-24(33)16-25(27)32)3-4-22-14-23(31)17-35-29(22)28/h14-20,28,34H,3-13H2,1-2H3/t18?,28-/m1/s1. The molecule has 2 atom stereocenters. The molecule has 2 aliphatic heterocycles. The van der Waals surface area contributed by atoms with Gasteiger partial charge in [0.15, 0.2) is 0 Å². The Hall–Kier alpha value is -1.48. The van der Waals surface area contributed by atoms with Crippen LogP contribution in [0.2, 0.25) is 5.02 Å². The third-order valence-electron chi connectivity index (χ3n) is 8.97. The molecule has 1 N–H and O–H groups in total. The van der Waals surface area contributed by atoms with Gasteiger partial charge in [-0.3, -0.25) is 14.6 Å². The number of benzene rings is 1. The van der Waals surface area contributed by atoms with E-state index in [9.17, 15) is 9.59 Å². The molecule has 5 rings (SSSR count). The van der Waals surface area contributed by atoms with Crippen LogP contribution in [0.15, 0.2) is 33.3 Å². The zero-order valence-electron chi connectivity index (χ0n) is 22.7. The number of aromatic nitrogens is 1. The number of amides is 2. The fourth-order valence-corrected chi connectivity index (χ4v) is 8.14. The van der Waals surface area contributed by atoms with Gasteiger partial charge in [0.25, 0.3) is 0 Å². The lowest BCUT2D eigenvalue weighted by Gasteiger charge is -2.38. The number of likely N-dealkylation sites (tertiary alicyclic amines) is 2. The van der Waals surface area contributed by atoms with Crippen LogP contribution in [0.3, 0.4) is 0 Å². The average Bonchev–Trinajstić information content (AvgIpc) is 3.09. The first-order valence-corrected chi connectivity index (χ1v) is 16.1. The molecule has 1 aliphatic carbocycles. The summed E-state index contributed by atoms with van der Waals surface area (Å²) in [6.07, 6.45) is 8.09. The summed E-state index contributed by atoms with van der Waals surface area (Å²) in [4.78, 5) is 34.7. The minimum absolute atomic E-state index is 0.154. The molecule has 1 aromatic carbocycles. The third-order valence-corrected chi connectivity index (χ3v) is 10.3. The lowest BCUT2D eigenvalue weighted by molar-refractivity contribution is -0.135. The summed E-state index contributed by atoms with van der Waals surface area (Å²) < 4.78 is 2.07. The second-order valence-corrected chi connectivity index (χ2v) is 13.5. The molecule has 0 spiro atoms. The number of carbonyl (C=O) groups is 2. The molecule has 0 saturated carbocycles. The zero-order chi connectivity index (χ0) is 27.7. The predicted octanol–water partition coefficient (Wildman–Crippen LogP) is 5.97. The summed E-state index contributed by atoms with van der Waals surface area (Å²) in [5, 5.41) is 3.79. The molecule has 3 aliphatic rings. The van der Waals surface area contributed by atoms with E-state index in [1.54, 1.807) is 0 Å². The van der Waals surface area contributed by atoms with E-state index in [4.69, 9.17) is 16.6 Å². The van der Waals surface area contributed by atoms with Crippen LogP contribution in [0, 0.1) is 11.8 Å². The average molecular weight is 681 g/mol. The largest absolute Gasteiger partial charge is 0.343 e. The Morgan fingerprint density at radius 3 is 2.38 bits per heavy atom. The van der Waals surface area contributed by atoms with Crippen molar-refractivity contribution in [2.75, 3.05) is 33.2 Å². The summed E-state index contributed by atoms with van der Waals surface area (Å²) in [6, 6.07) is 6.18. The fourth-order valence-electron chi connectivity index (χ4n) is 6.64. The Morgan fingerprint density at radius 2 is 1.69 bits per heavy atom. The smallest absolute Gasteiger partial charge is 0.239 e. The van der Waals surface area contributed by atoms with Crippen LogP contribution >= 0.6 is 43.5 Å². The maximum Gasteiger partial charge on any atom is 0.239 e. The van der Waals surface area contributed by atoms with Crippen molar-refractivity contribution in [2.45, 2.75) is 63.8 Å². The maximum absolute atomic E-state index is 13.3. The summed E-state index contributed by atoms with van der Waals surface area (Å²) in [5.41, 5.74) is 5.06. The Labute approximate surface area is 253 Å². The molecule has 0 radical (unpaired) electrons. The number of fused-ring (bicyclic) bond motifs is 2. The number of carbonyl (C=O) groups excluding carboxylic acids is 2. The van der Waals surface area contributed by atoms with Gasteiger partial charge in [0.2, 0.25) is 11.8 Å². The van der Waals surface area contributed by atoms with Gasteiger partial charge >= 0.3 is 0 Å². The van der Waals surface area contributed by atoms with E-state index < -0.39 is 0 Å². The van der Waals surface area contributed by atoms with Gasteiger partial charge in [0, 0.05) is 58.7 Å². The Bertz CT molecular complexity index is 1230. The first-order valence-electron chi connectivity index (χ1n) is 14.1. The van der Waals surface area contributed by atoms with Crippen LogP contribution in [0.5, 0.6) is 0 Å². The number of nitrogens with one attached hydrogen (secondary N) is 1. The summed E-state index contributed by atoms with van der Waals surface area (Å²) in [6.45, 7) is 4.95. The van der Waals surface area contributed by atoms with E-state index in [2.05, 4.69) is 54.2 Å².